The first-order valence-corrected chi connectivity index (χ1v) is 10.8. The number of ether oxygens (including phenoxy) is 2. The van der Waals surface area contributed by atoms with Crippen molar-refractivity contribution < 1.29 is 27.1 Å². The molecule has 0 aliphatic rings. The zero-order chi connectivity index (χ0) is 21.8. The Morgan fingerprint density at radius 2 is 1.83 bits per heavy atom. The Labute approximate surface area is 174 Å². The van der Waals surface area contributed by atoms with Gasteiger partial charge in [-0.1, -0.05) is 18.5 Å². The van der Waals surface area contributed by atoms with Gasteiger partial charge in [-0.3, -0.25) is 9.10 Å². The van der Waals surface area contributed by atoms with Gasteiger partial charge in [0.1, 0.15) is 11.9 Å². The predicted molar refractivity (Wildman–Crippen MR) is 111 cm³/mol. The summed E-state index contributed by atoms with van der Waals surface area (Å²) in [6, 6.07) is 7.17. The molecule has 29 heavy (non-hydrogen) atoms. The van der Waals surface area contributed by atoms with Crippen molar-refractivity contribution in [2.45, 2.75) is 19.4 Å². The van der Waals surface area contributed by atoms with E-state index in [-0.39, 0.29) is 17.1 Å². The molecule has 7 nitrogen and oxygen atoms in total. The smallest absolute Gasteiger partial charge is 0.248 e. The molecule has 1 amide bonds. The first-order valence-electron chi connectivity index (χ1n) is 8.59. The number of hydrogen-bond acceptors (Lipinski definition) is 5. The van der Waals surface area contributed by atoms with Crippen LogP contribution in [0.3, 0.4) is 0 Å². The number of nitrogens with zero attached hydrogens (tertiary/aromatic N) is 1. The van der Waals surface area contributed by atoms with Crippen molar-refractivity contribution in [2.24, 2.45) is 0 Å². The second-order valence-corrected chi connectivity index (χ2v) is 8.41. The molecule has 10 heteroatoms. The van der Waals surface area contributed by atoms with Crippen LogP contribution in [0.4, 0.5) is 15.8 Å². The molecule has 0 radical (unpaired) electrons. The summed E-state index contributed by atoms with van der Waals surface area (Å²) in [5, 5.41) is 2.44. The highest BCUT2D eigenvalue weighted by Crippen LogP contribution is 2.31. The number of anilines is 2. The van der Waals surface area contributed by atoms with Gasteiger partial charge in [0.05, 0.1) is 31.2 Å². The minimum atomic E-state index is -3.87. The largest absolute Gasteiger partial charge is 0.493 e. The number of halogens is 2. The van der Waals surface area contributed by atoms with Crippen LogP contribution in [-0.2, 0) is 14.8 Å². The van der Waals surface area contributed by atoms with Crippen LogP contribution in [0, 0.1) is 5.82 Å². The van der Waals surface area contributed by atoms with Gasteiger partial charge in [0.15, 0.2) is 11.5 Å². The van der Waals surface area contributed by atoms with Gasteiger partial charge in [-0.25, -0.2) is 12.8 Å². The molecule has 0 spiro atoms. The summed E-state index contributed by atoms with van der Waals surface area (Å²) in [6.45, 7) is 1.67. The van der Waals surface area contributed by atoms with E-state index in [1.807, 2.05) is 0 Å². The lowest BCUT2D eigenvalue weighted by Crippen LogP contribution is -2.47. The predicted octanol–water partition coefficient (Wildman–Crippen LogP) is 3.68. The molecule has 158 valence electrons. The summed E-state index contributed by atoms with van der Waals surface area (Å²) in [6.07, 6.45) is 1.14. The topological polar surface area (TPSA) is 84.9 Å². The second-order valence-electron chi connectivity index (χ2n) is 6.14. The highest BCUT2D eigenvalue weighted by atomic mass is 35.5. The average molecular weight is 445 g/mol. The van der Waals surface area contributed by atoms with Crippen molar-refractivity contribution >= 4 is 38.9 Å². The molecule has 0 saturated carbocycles. The third-order valence-corrected chi connectivity index (χ3v) is 5.61. The van der Waals surface area contributed by atoms with E-state index in [0.29, 0.717) is 17.2 Å². The minimum Gasteiger partial charge on any atom is -0.493 e. The van der Waals surface area contributed by atoms with Crippen molar-refractivity contribution in [3.05, 3.63) is 47.2 Å². The highest BCUT2D eigenvalue weighted by molar-refractivity contribution is 7.92. The molecule has 0 heterocycles. The van der Waals surface area contributed by atoms with Crippen molar-refractivity contribution in [1.29, 1.82) is 0 Å². The molecule has 0 unspecified atom stereocenters. The van der Waals surface area contributed by atoms with Gasteiger partial charge in [0.25, 0.3) is 0 Å². The molecular weight excluding hydrogens is 423 g/mol. The molecule has 2 aromatic rings. The summed E-state index contributed by atoms with van der Waals surface area (Å²) in [5.41, 5.74) is 0.491. The molecule has 0 aromatic heterocycles. The fourth-order valence-corrected chi connectivity index (χ4v) is 4.20. The number of hydrogen-bond donors (Lipinski definition) is 1. The standard InChI is InChI=1S/C19H22ClFN2O5S/c1-5-16(19(24)22-12-6-9-17(27-2)18(10-12)28-3)23(29(4,25)26)13-7-8-15(21)14(20)11-13/h6-11,16H,5H2,1-4H3,(H,22,24)/t16-/m0/s1. The van der Waals surface area contributed by atoms with Crippen LogP contribution >= 0.6 is 11.6 Å². The number of nitrogens with one attached hydrogen (secondary N) is 1. The number of amides is 1. The molecule has 0 aliphatic carbocycles. The fourth-order valence-electron chi connectivity index (χ4n) is 2.82. The summed E-state index contributed by atoms with van der Waals surface area (Å²) in [4.78, 5) is 12.9. The zero-order valence-electron chi connectivity index (χ0n) is 16.4. The summed E-state index contributed by atoms with van der Waals surface area (Å²) in [7, 11) is -0.926. The van der Waals surface area contributed by atoms with Crippen LogP contribution in [0.2, 0.25) is 5.02 Å². The van der Waals surface area contributed by atoms with Gasteiger partial charge >= 0.3 is 0 Å². The first kappa shape index (κ1) is 22.8. The van der Waals surface area contributed by atoms with E-state index in [4.69, 9.17) is 21.1 Å². The Bertz CT molecular complexity index is 1000. The van der Waals surface area contributed by atoms with Crippen molar-refractivity contribution in [3.8, 4) is 11.5 Å². The lowest BCUT2D eigenvalue weighted by Gasteiger charge is -2.30. The number of carbonyl (C=O) groups excluding carboxylic acids is 1. The number of sulfonamides is 1. The van der Waals surface area contributed by atoms with Crippen LogP contribution in [0.5, 0.6) is 11.5 Å². The van der Waals surface area contributed by atoms with Crippen LogP contribution in [-0.4, -0.2) is 40.8 Å². The summed E-state index contributed by atoms with van der Waals surface area (Å²) >= 11 is 5.80. The van der Waals surface area contributed by atoms with E-state index in [1.165, 1.54) is 26.4 Å². The van der Waals surface area contributed by atoms with E-state index < -0.39 is 27.8 Å². The minimum absolute atomic E-state index is 0.0909. The zero-order valence-corrected chi connectivity index (χ0v) is 18.0. The maximum atomic E-state index is 13.5. The molecule has 0 saturated heterocycles. The Morgan fingerprint density at radius 1 is 1.17 bits per heavy atom. The van der Waals surface area contributed by atoms with E-state index in [0.717, 1.165) is 16.6 Å². The molecule has 0 fully saturated rings. The number of benzene rings is 2. The van der Waals surface area contributed by atoms with Crippen molar-refractivity contribution in [3.63, 3.8) is 0 Å². The maximum Gasteiger partial charge on any atom is 0.248 e. The molecule has 2 rings (SSSR count). The maximum absolute atomic E-state index is 13.5. The summed E-state index contributed by atoms with van der Waals surface area (Å²) in [5.74, 6) is -0.364. The average Bonchev–Trinajstić information content (AvgIpc) is 2.67. The van der Waals surface area contributed by atoms with Crippen LogP contribution < -0.4 is 19.1 Å². The molecule has 0 aliphatic heterocycles. The molecule has 2 aromatic carbocycles. The van der Waals surface area contributed by atoms with Gasteiger partial charge in [-0.2, -0.15) is 0 Å². The van der Waals surface area contributed by atoms with E-state index in [1.54, 1.807) is 25.1 Å². The van der Waals surface area contributed by atoms with Crippen LogP contribution in [0.15, 0.2) is 36.4 Å². The fraction of sp³-hybridized carbons (Fsp3) is 0.316. The van der Waals surface area contributed by atoms with Crippen molar-refractivity contribution in [2.75, 3.05) is 30.1 Å². The lowest BCUT2D eigenvalue weighted by molar-refractivity contribution is -0.117. The van der Waals surface area contributed by atoms with Gasteiger partial charge in [-0.15, -0.1) is 0 Å². The molecule has 1 atom stereocenters. The van der Waals surface area contributed by atoms with E-state index >= 15 is 0 Å². The number of carbonyl (C=O) groups is 1. The van der Waals surface area contributed by atoms with Gasteiger partial charge < -0.3 is 14.8 Å². The van der Waals surface area contributed by atoms with Crippen LogP contribution in [0.25, 0.3) is 0 Å². The van der Waals surface area contributed by atoms with E-state index in [9.17, 15) is 17.6 Å². The van der Waals surface area contributed by atoms with Gasteiger partial charge in [-0.05, 0) is 36.8 Å². The second kappa shape index (κ2) is 9.32. The Balaban J connectivity index is 2.39. The first-order chi connectivity index (χ1) is 13.6. The molecule has 1 N–H and O–H groups in total. The summed E-state index contributed by atoms with van der Waals surface area (Å²) < 4.78 is 49.7. The van der Waals surface area contributed by atoms with Crippen molar-refractivity contribution in [1.82, 2.24) is 0 Å². The SMILES string of the molecule is CC[C@@H](C(=O)Nc1ccc(OC)c(OC)c1)N(c1ccc(F)c(Cl)c1)S(C)(=O)=O. The normalized spacial score (nSPS) is 12.2. The Kier molecular flexibility index (Phi) is 7.32. The Morgan fingerprint density at radius 3 is 2.34 bits per heavy atom. The monoisotopic (exact) mass is 444 g/mol. The molecule has 0 bridgehead atoms. The highest BCUT2D eigenvalue weighted by Gasteiger charge is 2.32. The number of methoxy groups -OCH3 is 2. The third kappa shape index (κ3) is 5.30. The van der Waals surface area contributed by atoms with Crippen LogP contribution in [0.1, 0.15) is 13.3 Å². The Hall–Kier alpha value is -2.52. The quantitative estimate of drug-likeness (QED) is 0.671. The van der Waals surface area contributed by atoms with Gasteiger partial charge in [0.2, 0.25) is 15.9 Å². The third-order valence-electron chi connectivity index (χ3n) is 4.14. The lowest BCUT2D eigenvalue weighted by atomic mass is 10.1. The molecular formula is C19H22ClFN2O5S. The number of rotatable bonds is 8. The van der Waals surface area contributed by atoms with Gasteiger partial charge in [0, 0.05) is 11.8 Å². The van der Waals surface area contributed by atoms with E-state index in [2.05, 4.69) is 5.32 Å².